The lowest BCUT2D eigenvalue weighted by Gasteiger charge is -2.25. The summed E-state index contributed by atoms with van der Waals surface area (Å²) in [4.78, 5) is 23.6. The minimum absolute atomic E-state index is 0.323. The van der Waals surface area contributed by atoms with Gasteiger partial charge < -0.3 is 15.3 Å². The van der Waals surface area contributed by atoms with Crippen molar-refractivity contribution in [2.45, 2.75) is 18.2 Å². The first-order valence-electron chi connectivity index (χ1n) is 5.45. The number of hydrogen-bond donors (Lipinski definition) is 2. The van der Waals surface area contributed by atoms with Crippen LogP contribution in [-0.2, 0) is 4.79 Å². The molecule has 2 amide bonds. The van der Waals surface area contributed by atoms with Crippen molar-refractivity contribution in [3.05, 3.63) is 0 Å². The van der Waals surface area contributed by atoms with Crippen LogP contribution in [0.2, 0.25) is 0 Å². The highest BCUT2D eigenvalue weighted by atomic mass is 32.2. The molecule has 0 aliphatic carbocycles. The van der Waals surface area contributed by atoms with E-state index in [1.54, 1.807) is 0 Å². The number of rotatable bonds is 4. The summed E-state index contributed by atoms with van der Waals surface area (Å²) < 4.78 is 0. The van der Waals surface area contributed by atoms with Crippen molar-refractivity contribution >= 4 is 35.5 Å². The fraction of sp³-hybridized carbons (Fsp3) is 0.800. The highest BCUT2D eigenvalue weighted by Crippen LogP contribution is 2.23. The third-order valence-corrected chi connectivity index (χ3v) is 5.47. The van der Waals surface area contributed by atoms with Gasteiger partial charge in [0.2, 0.25) is 0 Å². The maximum Gasteiger partial charge on any atom is 0.326 e. The Hall–Kier alpha value is -0.560. The Balaban J connectivity index is 2.30. The minimum Gasteiger partial charge on any atom is -0.480 e. The summed E-state index contributed by atoms with van der Waals surface area (Å²) in [5, 5.41) is 12.0. The van der Waals surface area contributed by atoms with E-state index in [1.807, 2.05) is 23.5 Å². The lowest BCUT2D eigenvalue weighted by Crippen LogP contribution is -2.47. The number of aliphatic carboxylic acids is 1. The molecule has 0 bridgehead atoms. The number of amides is 2. The van der Waals surface area contributed by atoms with Gasteiger partial charge in [-0.15, -0.1) is 0 Å². The normalized spacial score (nSPS) is 21.6. The molecule has 2 unspecified atom stereocenters. The maximum atomic E-state index is 11.7. The first-order chi connectivity index (χ1) is 8.02. The molecule has 1 saturated heterocycles. The zero-order chi connectivity index (χ0) is 12.8. The van der Waals surface area contributed by atoms with Crippen LogP contribution < -0.4 is 5.32 Å². The van der Waals surface area contributed by atoms with E-state index in [1.165, 1.54) is 24.6 Å². The molecule has 5 nitrogen and oxygen atoms in total. The highest BCUT2D eigenvalue weighted by Gasteiger charge is 2.22. The SMILES string of the molecule is CC(C(=O)O)N(C)C(=O)NCC1CSCCS1. The molecule has 17 heavy (non-hydrogen) atoms. The van der Waals surface area contributed by atoms with Crippen molar-refractivity contribution in [1.29, 1.82) is 0 Å². The Morgan fingerprint density at radius 3 is 2.76 bits per heavy atom. The number of carbonyl (C=O) groups is 2. The van der Waals surface area contributed by atoms with Gasteiger partial charge in [0, 0.05) is 36.1 Å². The number of urea groups is 1. The number of likely N-dealkylation sites (N-methyl/N-ethyl adjacent to an activating group) is 1. The molecular formula is C10H18N2O3S2. The summed E-state index contributed by atoms with van der Waals surface area (Å²) in [6.45, 7) is 2.10. The quantitative estimate of drug-likeness (QED) is 0.801. The van der Waals surface area contributed by atoms with Crippen LogP contribution in [0.5, 0.6) is 0 Å². The molecule has 1 rings (SSSR count). The molecule has 0 aromatic carbocycles. The van der Waals surface area contributed by atoms with Gasteiger partial charge in [-0.3, -0.25) is 0 Å². The first-order valence-corrected chi connectivity index (χ1v) is 7.65. The van der Waals surface area contributed by atoms with Crippen LogP contribution in [0.15, 0.2) is 0 Å². The average molecular weight is 278 g/mol. The summed E-state index contributed by atoms with van der Waals surface area (Å²) in [5.74, 6) is 2.34. The lowest BCUT2D eigenvalue weighted by atomic mass is 10.3. The Kier molecular flexibility index (Phi) is 5.97. The van der Waals surface area contributed by atoms with Crippen LogP contribution in [0.25, 0.3) is 0 Å². The molecule has 98 valence electrons. The first kappa shape index (κ1) is 14.5. The Labute approximate surface area is 110 Å². The van der Waals surface area contributed by atoms with E-state index in [0.717, 1.165) is 11.5 Å². The topological polar surface area (TPSA) is 69.6 Å². The third-order valence-electron chi connectivity index (χ3n) is 2.62. The zero-order valence-electron chi connectivity index (χ0n) is 10.0. The van der Waals surface area contributed by atoms with E-state index in [2.05, 4.69) is 5.32 Å². The molecule has 1 aliphatic rings. The van der Waals surface area contributed by atoms with Crippen molar-refractivity contribution in [3.63, 3.8) is 0 Å². The molecule has 0 radical (unpaired) electrons. The van der Waals surface area contributed by atoms with Crippen molar-refractivity contribution in [2.75, 3.05) is 30.9 Å². The van der Waals surface area contributed by atoms with E-state index in [4.69, 9.17) is 5.11 Å². The Morgan fingerprint density at radius 2 is 2.24 bits per heavy atom. The van der Waals surface area contributed by atoms with Gasteiger partial charge in [0.05, 0.1) is 0 Å². The largest absolute Gasteiger partial charge is 0.480 e. The monoisotopic (exact) mass is 278 g/mol. The van der Waals surface area contributed by atoms with Gasteiger partial charge in [-0.1, -0.05) is 0 Å². The molecular weight excluding hydrogens is 260 g/mol. The van der Waals surface area contributed by atoms with Crippen LogP contribution in [0.4, 0.5) is 4.79 Å². The predicted octanol–water partition coefficient (Wildman–Crippen LogP) is 0.950. The summed E-state index contributed by atoms with van der Waals surface area (Å²) >= 11 is 3.76. The predicted molar refractivity (Wildman–Crippen MR) is 71.8 cm³/mol. The molecule has 0 aromatic heterocycles. The molecule has 1 heterocycles. The van der Waals surface area contributed by atoms with Crippen molar-refractivity contribution in [3.8, 4) is 0 Å². The molecule has 0 saturated carbocycles. The van der Waals surface area contributed by atoms with E-state index < -0.39 is 12.0 Å². The second-order valence-corrected chi connectivity index (χ2v) is 6.44. The molecule has 2 N–H and O–H groups in total. The smallest absolute Gasteiger partial charge is 0.326 e. The number of carboxylic acids is 1. The molecule has 2 atom stereocenters. The average Bonchev–Trinajstić information content (AvgIpc) is 2.35. The fourth-order valence-electron chi connectivity index (χ4n) is 1.32. The van der Waals surface area contributed by atoms with Crippen molar-refractivity contribution < 1.29 is 14.7 Å². The minimum atomic E-state index is -0.995. The molecule has 1 aliphatic heterocycles. The van der Waals surface area contributed by atoms with E-state index in [-0.39, 0.29) is 6.03 Å². The van der Waals surface area contributed by atoms with Gasteiger partial charge in [-0.2, -0.15) is 23.5 Å². The summed E-state index contributed by atoms with van der Waals surface area (Å²) in [7, 11) is 1.50. The zero-order valence-corrected chi connectivity index (χ0v) is 11.6. The third kappa shape index (κ3) is 4.67. The van der Waals surface area contributed by atoms with Crippen molar-refractivity contribution in [2.24, 2.45) is 0 Å². The van der Waals surface area contributed by atoms with Crippen LogP contribution in [-0.4, -0.2) is 64.1 Å². The lowest BCUT2D eigenvalue weighted by molar-refractivity contribution is -0.141. The molecule has 7 heteroatoms. The van der Waals surface area contributed by atoms with Gasteiger partial charge in [0.15, 0.2) is 0 Å². The van der Waals surface area contributed by atoms with Crippen molar-refractivity contribution in [1.82, 2.24) is 10.2 Å². The molecule has 0 spiro atoms. The second-order valence-electron chi connectivity index (χ2n) is 3.88. The number of nitrogens with one attached hydrogen (secondary N) is 1. The van der Waals surface area contributed by atoms with Crippen LogP contribution in [0.3, 0.4) is 0 Å². The fourth-order valence-corrected chi connectivity index (χ4v) is 3.93. The molecule has 1 fully saturated rings. The Bertz CT molecular complexity index is 283. The summed E-state index contributed by atoms with van der Waals surface area (Å²) in [5.41, 5.74) is 0. The van der Waals surface area contributed by atoms with Gasteiger partial charge >= 0.3 is 12.0 Å². The second kappa shape index (κ2) is 7.00. The number of thioether (sulfide) groups is 2. The number of carbonyl (C=O) groups excluding carboxylic acids is 1. The number of carboxylic acid groups (broad SMARTS) is 1. The standard InChI is InChI=1S/C10H18N2O3S2/c1-7(9(13)14)12(2)10(15)11-5-8-6-16-3-4-17-8/h7-8H,3-6H2,1-2H3,(H,11,15)(H,13,14). The van der Waals surface area contributed by atoms with Gasteiger partial charge in [0.25, 0.3) is 0 Å². The Morgan fingerprint density at radius 1 is 1.53 bits per heavy atom. The van der Waals surface area contributed by atoms with E-state index in [9.17, 15) is 9.59 Å². The number of nitrogens with zero attached hydrogens (tertiary/aromatic N) is 1. The van der Waals surface area contributed by atoms with E-state index >= 15 is 0 Å². The van der Waals surface area contributed by atoms with Crippen LogP contribution >= 0.6 is 23.5 Å². The molecule has 0 aromatic rings. The highest BCUT2D eigenvalue weighted by molar-refractivity contribution is 8.06. The van der Waals surface area contributed by atoms with Gasteiger partial charge in [-0.05, 0) is 6.92 Å². The number of hydrogen-bond acceptors (Lipinski definition) is 4. The van der Waals surface area contributed by atoms with Crippen LogP contribution in [0.1, 0.15) is 6.92 Å². The maximum absolute atomic E-state index is 11.7. The van der Waals surface area contributed by atoms with Gasteiger partial charge in [0.1, 0.15) is 6.04 Å². The summed E-state index contributed by atoms with van der Waals surface area (Å²) in [6, 6.07) is -1.13. The van der Waals surface area contributed by atoms with E-state index in [0.29, 0.717) is 11.8 Å². The van der Waals surface area contributed by atoms with Gasteiger partial charge in [-0.25, -0.2) is 9.59 Å². The summed E-state index contributed by atoms with van der Waals surface area (Å²) in [6.07, 6.45) is 0. The van der Waals surface area contributed by atoms with Crippen LogP contribution in [0, 0.1) is 0 Å².